The van der Waals surface area contributed by atoms with Crippen LogP contribution in [0.4, 0.5) is 0 Å². The zero-order valence-electron chi connectivity index (χ0n) is 10.7. The van der Waals surface area contributed by atoms with Crippen LogP contribution in [0.1, 0.15) is 0 Å². The average Bonchev–Trinajstić information content (AvgIpc) is 1.94. The van der Waals surface area contributed by atoms with E-state index in [4.69, 9.17) is 70.3 Å². The Morgan fingerprint density at radius 1 is 0.333 bits per heavy atom. The largest absolute Gasteiger partial charge is 3.00 e. The minimum atomic E-state index is -3.63. The van der Waals surface area contributed by atoms with Crippen LogP contribution in [-0.2, 0) is 56.4 Å². The SMILES string of the molecule is O=[Si]([O-])[O-].O=[Si]([O-])[O-].O=[Si]([O-])[O-].O=[Si]([O-])[O-].O=[Si]([O-])[O-].[Fe+3].[Fe+3].[Sr+2].[Sr+2]. The molecule has 24 heavy (non-hydrogen) atoms. The van der Waals surface area contributed by atoms with Crippen molar-refractivity contribution >= 4 is 137 Å². The van der Waals surface area contributed by atoms with E-state index >= 15 is 0 Å². The average molecular weight is 667 g/mol. The minimum Gasteiger partial charge on any atom is -0.672 e. The zero-order chi connectivity index (χ0) is 17.9. The van der Waals surface area contributed by atoms with Gasteiger partial charge in [-0.05, 0) is 0 Å². The van der Waals surface area contributed by atoms with E-state index in [1.165, 1.54) is 0 Å². The first-order chi connectivity index (χ1) is 8.66. The molecule has 2 radical (unpaired) electrons. The third kappa shape index (κ3) is 2950. The molecular weight excluding hydrogens is 667 g/mol. The Morgan fingerprint density at radius 2 is 0.333 bits per heavy atom. The molecule has 0 aliphatic rings. The van der Waals surface area contributed by atoms with Gasteiger partial charge in [-0.2, -0.15) is 0 Å². The van der Waals surface area contributed by atoms with Crippen molar-refractivity contribution in [3.8, 4) is 0 Å². The fourth-order valence-electron chi connectivity index (χ4n) is 0. The Morgan fingerprint density at radius 3 is 0.333 bits per heavy atom. The van der Waals surface area contributed by atoms with Gasteiger partial charge in [0, 0.05) is 45.9 Å². The first-order valence-corrected chi connectivity index (χ1v) is 9.19. The Labute approximate surface area is 237 Å². The molecule has 0 spiro atoms. The molecule has 0 aliphatic heterocycles. The number of rotatable bonds is 0. The van der Waals surface area contributed by atoms with Gasteiger partial charge < -0.3 is 70.3 Å². The standard InChI is InChI=1S/2Fe.5O3Si.2Sr/c;;5*1-4(2)3;;/q2*+3;5*-2;2*+2. The van der Waals surface area contributed by atoms with Crippen LogP contribution < -0.4 is 48.0 Å². The quantitative estimate of drug-likeness (QED) is 0.217. The van der Waals surface area contributed by atoms with Gasteiger partial charge in [0.2, 0.25) is 0 Å². The molecule has 0 aliphatic carbocycles. The van der Waals surface area contributed by atoms with E-state index in [9.17, 15) is 0 Å². The van der Waals surface area contributed by atoms with Crippen LogP contribution in [-0.4, -0.2) is 137 Å². The van der Waals surface area contributed by atoms with E-state index in [2.05, 4.69) is 0 Å². The maximum absolute atomic E-state index is 8.52. The molecule has 0 N–H and O–H groups in total. The van der Waals surface area contributed by atoms with Crippen molar-refractivity contribution in [3.63, 3.8) is 0 Å². The number of hydrogen-bond acceptors (Lipinski definition) is 15. The van der Waals surface area contributed by atoms with Gasteiger partial charge >= 0.3 is 125 Å². The van der Waals surface area contributed by atoms with Crippen LogP contribution >= 0.6 is 0 Å². The molecule has 0 saturated carbocycles. The van der Waals surface area contributed by atoms with Crippen molar-refractivity contribution in [3.05, 3.63) is 0 Å². The molecule has 15 nitrogen and oxygen atoms in total. The fourth-order valence-corrected chi connectivity index (χ4v) is 0. The molecular formula is Fe2O15Si5Sr2. The Balaban J connectivity index is -0.0000000161. The van der Waals surface area contributed by atoms with Gasteiger partial charge in [0.05, 0.1) is 0 Å². The monoisotopic (exact) mass is 667 g/mol. The summed E-state index contributed by atoms with van der Waals surface area (Å²) < 4.78 is 42.6. The Bertz CT molecular complexity index is 221. The van der Waals surface area contributed by atoms with E-state index in [0.29, 0.717) is 0 Å². The zero-order valence-corrected chi connectivity index (χ0v) is 24.9. The molecule has 0 unspecified atom stereocenters. The normalized spacial score (nSPS) is 5.00. The second-order valence-electron chi connectivity index (χ2n) is 1.25. The molecule has 0 bridgehead atoms. The third-order valence-electron chi connectivity index (χ3n) is 0. The van der Waals surface area contributed by atoms with E-state index < -0.39 is 45.9 Å². The molecule has 0 heterocycles. The van der Waals surface area contributed by atoms with Gasteiger partial charge in [-0.3, -0.25) is 0 Å². The Hall–Kier alpha value is 2.08. The van der Waals surface area contributed by atoms with Crippen LogP contribution in [0, 0.1) is 0 Å². The van der Waals surface area contributed by atoms with Gasteiger partial charge in [-0.1, -0.05) is 0 Å². The minimum absolute atomic E-state index is 0. The maximum Gasteiger partial charge on any atom is 3.00 e. The van der Waals surface area contributed by atoms with E-state index in [1.807, 2.05) is 0 Å². The van der Waals surface area contributed by atoms with Crippen molar-refractivity contribution in [1.29, 1.82) is 0 Å². The van der Waals surface area contributed by atoms with Crippen molar-refractivity contribution in [1.82, 2.24) is 0 Å². The van der Waals surface area contributed by atoms with Gasteiger partial charge in [0.15, 0.2) is 0 Å². The predicted octanol–water partition coefficient (Wildman–Crippen LogP) is -15.2. The van der Waals surface area contributed by atoms with Gasteiger partial charge in [-0.25, -0.2) is 0 Å². The van der Waals surface area contributed by atoms with Crippen LogP contribution in [0.5, 0.6) is 0 Å². The predicted molar refractivity (Wildman–Crippen MR) is 43.7 cm³/mol. The molecule has 0 rings (SSSR count). The summed E-state index contributed by atoms with van der Waals surface area (Å²) >= 11 is 0. The smallest absolute Gasteiger partial charge is 0.672 e. The summed E-state index contributed by atoms with van der Waals surface area (Å²) in [5, 5.41) is 0. The summed E-state index contributed by atoms with van der Waals surface area (Å²) in [6.07, 6.45) is 0. The van der Waals surface area contributed by atoms with Crippen molar-refractivity contribution < 1.29 is 104 Å². The van der Waals surface area contributed by atoms with Crippen molar-refractivity contribution in [2.75, 3.05) is 0 Å². The molecule has 0 aromatic rings. The third-order valence-corrected chi connectivity index (χ3v) is 0. The van der Waals surface area contributed by atoms with Gasteiger partial charge in [0.1, 0.15) is 0 Å². The molecule has 24 heteroatoms. The van der Waals surface area contributed by atoms with Gasteiger partial charge in [-0.15, -0.1) is 0 Å². The molecule has 130 valence electrons. The molecule has 0 fully saturated rings. The summed E-state index contributed by atoms with van der Waals surface area (Å²) in [7, 11) is -18.1. The van der Waals surface area contributed by atoms with Crippen LogP contribution in [0.25, 0.3) is 0 Å². The summed E-state index contributed by atoms with van der Waals surface area (Å²) in [5.74, 6) is 0. The summed E-state index contributed by atoms with van der Waals surface area (Å²) in [6.45, 7) is 0. The number of hydrogen-bond donors (Lipinski definition) is 0. The van der Waals surface area contributed by atoms with Crippen LogP contribution in [0.15, 0.2) is 0 Å². The molecule has 0 saturated heterocycles. The van der Waals surface area contributed by atoms with Crippen molar-refractivity contribution in [2.24, 2.45) is 0 Å². The van der Waals surface area contributed by atoms with E-state index in [-0.39, 0.29) is 125 Å². The first-order valence-electron chi connectivity index (χ1n) is 3.06. The summed E-state index contributed by atoms with van der Waals surface area (Å²) in [5.41, 5.74) is 0. The van der Waals surface area contributed by atoms with Crippen molar-refractivity contribution in [2.45, 2.75) is 0 Å². The first kappa shape index (κ1) is 56.2. The second kappa shape index (κ2) is 49.9. The summed E-state index contributed by atoms with van der Waals surface area (Å²) in [4.78, 5) is 85.2. The second-order valence-corrected chi connectivity index (χ2v) is 3.75. The topological polar surface area (TPSA) is 316 Å². The maximum atomic E-state index is 8.52. The molecule has 0 amide bonds. The van der Waals surface area contributed by atoms with E-state index in [1.54, 1.807) is 0 Å². The molecule has 0 atom stereocenters. The van der Waals surface area contributed by atoms with E-state index in [0.717, 1.165) is 0 Å². The summed E-state index contributed by atoms with van der Waals surface area (Å²) in [6, 6.07) is 0. The van der Waals surface area contributed by atoms with Crippen LogP contribution in [0.2, 0.25) is 0 Å². The fraction of sp³-hybridized carbons (Fsp3) is 0. The molecule has 0 aromatic heterocycles. The molecule has 0 aromatic carbocycles. The van der Waals surface area contributed by atoms with Gasteiger partial charge in [0.25, 0.3) is 0 Å². The Kier molecular flexibility index (Phi) is 117. The van der Waals surface area contributed by atoms with Crippen LogP contribution in [0.3, 0.4) is 0 Å².